The van der Waals surface area contributed by atoms with Crippen LogP contribution in [0.3, 0.4) is 0 Å². The second-order valence-corrected chi connectivity index (χ2v) is 9.79. The fourth-order valence-corrected chi connectivity index (χ4v) is 5.61. The number of hydrogen-bond donors (Lipinski definition) is 0. The Morgan fingerprint density at radius 1 is 1.19 bits per heavy atom. The zero-order valence-electron chi connectivity index (χ0n) is 19.6. The fraction of sp³-hybridized carbons (Fsp3) is 0.680. The Bertz CT molecular complexity index is 826. The van der Waals surface area contributed by atoms with Crippen molar-refractivity contribution in [2.75, 3.05) is 46.4 Å². The van der Waals surface area contributed by atoms with Crippen molar-refractivity contribution in [1.82, 2.24) is 4.90 Å². The van der Waals surface area contributed by atoms with Crippen LogP contribution in [0.15, 0.2) is 24.3 Å². The van der Waals surface area contributed by atoms with Gasteiger partial charge in [-0.3, -0.25) is 19.0 Å². The average Bonchev–Trinajstić information content (AvgIpc) is 3.55. The first-order valence-electron chi connectivity index (χ1n) is 12.1. The lowest BCUT2D eigenvalue weighted by atomic mass is 9.88. The molecule has 3 fully saturated rings. The third-order valence-corrected chi connectivity index (χ3v) is 7.33. The number of epoxide rings is 1. The second-order valence-electron chi connectivity index (χ2n) is 9.79. The highest BCUT2D eigenvalue weighted by molar-refractivity contribution is 5.74. The molecule has 0 aliphatic carbocycles. The van der Waals surface area contributed by atoms with E-state index in [9.17, 15) is 9.59 Å². The van der Waals surface area contributed by atoms with Crippen LogP contribution >= 0.6 is 0 Å². The second kappa shape index (κ2) is 9.89. The van der Waals surface area contributed by atoms with Crippen molar-refractivity contribution in [3.63, 3.8) is 0 Å². The number of nitrogens with zero attached hydrogens (tertiary/aromatic N) is 2. The molecule has 3 aliphatic rings. The van der Waals surface area contributed by atoms with Crippen LogP contribution in [0.5, 0.6) is 5.75 Å². The molecule has 2 bridgehead atoms. The predicted octanol–water partition coefficient (Wildman–Crippen LogP) is 2.62. The van der Waals surface area contributed by atoms with E-state index in [4.69, 9.17) is 14.2 Å². The van der Waals surface area contributed by atoms with Gasteiger partial charge in [0, 0.05) is 18.3 Å². The number of ether oxygens (including phenoxy) is 3. The summed E-state index contributed by atoms with van der Waals surface area (Å²) in [7, 11) is 2.30. The maximum Gasteiger partial charge on any atom is 0.325 e. The Labute approximate surface area is 191 Å². The molecule has 5 atom stereocenters. The van der Waals surface area contributed by atoms with Gasteiger partial charge >= 0.3 is 11.9 Å². The first-order chi connectivity index (χ1) is 15.4. The molecule has 0 amide bonds. The van der Waals surface area contributed by atoms with Crippen LogP contribution in [-0.4, -0.2) is 80.0 Å². The van der Waals surface area contributed by atoms with Gasteiger partial charge in [0.05, 0.1) is 33.3 Å². The standard InChI is InChI=1S/C25H37N2O5/c1-4-26(5-2)15-23(29)31-21-8-6-7-18(14-21)9-10-22(28)30-12-11-19-13-20-17-27(3,16-19)25-24(20)32-25/h6-8,14,19-20,24-25H,4-5,9-13,15-17H2,1-3H3/q+1. The molecule has 3 heterocycles. The molecule has 1 aromatic carbocycles. The summed E-state index contributed by atoms with van der Waals surface area (Å²) >= 11 is 0. The summed E-state index contributed by atoms with van der Waals surface area (Å²) in [5, 5.41) is 0. The van der Waals surface area contributed by atoms with Crippen molar-refractivity contribution < 1.29 is 28.3 Å². The summed E-state index contributed by atoms with van der Waals surface area (Å²) in [6.45, 7) is 8.81. The van der Waals surface area contributed by atoms with Crippen molar-refractivity contribution in [2.24, 2.45) is 11.8 Å². The van der Waals surface area contributed by atoms with Crippen LogP contribution in [0.2, 0.25) is 0 Å². The first kappa shape index (κ1) is 23.2. The molecule has 0 spiro atoms. The van der Waals surface area contributed by atoms with Gasteiger partial charge in [0.1, 0.15) is 5.75 Å². The van der Waals surface area contributed by atoms with Crippen molar-refractivity contribution in [2.45, 2.75) is 51.9 Å². The molecule has 0 aromatic heterocycles. The Morgan fingerprint density at radius 3 is 2.75 bits per heavy atom. The van der Waals surface area contributed by atoms with Gasteiger partial charge in [-0.2, -0.15) is 0 Å². The third kappa shape index (κ3) is 5.50. The number of carbonyl (C=O) groups excluding carboxylic acids is 2. The number of piperidine rings is 1. The molecule has 3 aliphatic heterocycles. The largest absolute Gasteiger partial charge is 0.466 e. The van der Waals surface area contributed by atoms with Gasteiger partial charge in [-0.25, -0.2) is 0 Å². The predicted molar refractivity (Wildman–Crippen MR) is 120 cm³/mol. The van der Waals surface area contributed by atoms with Crippen LogP contribution < -0.4 is 4.74 Å². The van der Waals surface area contributed by atoms with Crippen LogP contribution in [0.1, 0.15) is 38.7 Å². The molecular formula is C25H37N2O5+. The number of benzene rings is 1. The highest BCUT2D eigenvalue weighted by Crippen LogP contribution is 2.51. The van der Waals surface area contributed by atoms with Crippen LogP contribution in [0, 0.1) is 11.8 Å². The molecule has 7 heteroatoms. The van der Waals surface area contributed by atoms with Gasteiger partial charge in [-0.1, -0.05) is 26.0 Å². The number of hydrogen-bond acceptors (Lipinski definition) is 6. The summed E-state index contributed by atoms with van der Waals surface area (Å²) in [4.78, 5) is 26.3. The zero-order chi connectivity index (χ0) is 22.7. The van der Waals surface area contributed by atoms with Gasteiger partial charge in [0.25, 0.3) is 0 Å². The average molecular weight is 446 g/mol. The van der Waals surface area contributed by atoms with E-state index in [2.05, 4.69) is 7.05 Å². The molecule has 0 saturated carbocycles. The summed E-state index contributed by atoms with van der Waals surface area (Å²) in [6, 6.07) is 7.40. The monoisotopic (exact) mass is 445 g/mol. The highest BCUT2D eigenvalue weighted by atomic mass is 16.6. The Kier molecular flexibility index (Phi) is 7.17. The van der Waals surface area contributed by atoms with Gasteiger partial charge in [-0.15, -0.1) is 0 Å². The lowest BCUT2D eigenvalue weighted by Gasteiger charge is -2.39. The number of quaternary nitrogens is 1. The molecule has 32 heavy (non-hydrogen) atoms. The molecule has 1 aromatic rings. The van der Waals surface area contributed by atoms with E-state index in [0.717, 1.165) is 36.1 Å². The molecule has 0 radical (unpaired) electrons. The molecule has 3 saturated heterocycles. The van der Waals surface area contributed by atoms with E-state index in [1.54, 1.807) is 6.07 Å². The SMILES string of the molecule is CCN(CC)CC(=O)Oc1cccc(CCC(=O)OCCC2CC3C[N+](C)(C2)C2OC32)c1. The fourth-order valence-electron chi connectivity index (χ4n) is 5.61. The summed E-state index contributed by atoms with van der Waals surface area (Å²) in [5.41, 5.74) is 0.961. The van der Waals surface area contributed by atoms with Crippen LogP contribution in [0.4, 0.5) is 0 Å². The van der Waals surface area contributed by atoms with E-state index >= 15 is 0 Å². The highest BCUT2D eigenvalue weighted by Gasteiger charge is 2.67. The number of carbonyl (C=O) groups is 2. The molecule has 5 unspecified atom stereocenters. The molecule has 176 valence electrons. The van der Waals surface area contributed by atoms with Crippen molar-refractivity contribution >= 4 is 11.9 Å². The Balaban J connectivity index is 1.15. The van der Waals surface area contributed by atoms with Gasteiger partial charge in [-0.05, 0) is 50.0 Å². The topological polar surface area (TPSA) is 68.4 Å². The van der Waals surface area contributed by atoms with E-state index in [1.807, 2.05) is 36.9 Å². The quantitative estimate of drug-likeness (QED) is 0.226. The number of likely N-dealkylation sites (N-methyl/N-ethyl adjacent to an activating group) is 2. The minimum atomic E-state index is -0.266. The molecule has 4 rings (SSSR count). The van der Waals surface area contributed by atoms with E-state index in [0.29, 0.717) is 49.4 Å². The third-order valence-electron chi connectivity index (χ3n) is 7.33. The zero-order valence-corrected chi connectivity index (χ0v) is 19.6. The minimum Gasteiger partial charge on any atom is -0.466 e. The maximum atomic E-state index is 12.2. The number of fused-ring (bicyclic) bond motifs is 5. The normalized spacial score (nSPS) is 30.1. The first-order valence-corrected chi connectivity index (χ1v) is 12.1. The van der Waals surface area contributed by atoms with Gasteiger partial charge < -0.3 is 14.2 Å². The summed E-state index contributed by atoms with van der Waals surface area (Å²) in [6.07, 6.45) is 3.96. The maximum absolute atomic E-state index is 12.2. The molecule has 0 N–H and O–H groups in total. The van der Waals surface area contributed by atoms with Crippen molar-refractivity contribution in [1.29, 1.82) is 0 Å². The molecule has 7 nitrogen and oxygen atoms in total. The van der Waals surface area contributed by atoms with E-state index in [1.165, 1.54) is 13.0 Å². The lowest BCUT2D eigenvalue weighted by molar-refractivity contribution is -0.932. The molecular weight excluding hydrogens is 408 g/mol. The number of esters is 2. The van der Waals surface area contributed by atoms with E-state index in [-0.39, 0.29) is 18.5 Å². The van der Waals surface area contributed by atoms with Gasteiger partial charge in [0.2, 0.25) is 6.23 Å². The minimum absolute atomic E-state index is 0.167. The lowest BCUT2D eigenvalue weighted by Crippen LogP contribution is -2.51. The van der Waals surface area contributed by atoms with Crippen LogP contribution in [0.25, 0.3) is 0 Å². The smallest absolute Gasteiger partial charge is 0.325 e. The van der Waals surface area contributed by atoms with Crippen molar-refractivity contribution in [3.05, 3.63) is 29.8 Å². The summed E-state index contributed by atoms with van der Waals surface area (Å²) in [5.74, 6) is 1.39. The Morgan fingerprint density at radius 2 is 2.00 bits per heavy atom. The van der Waals surface area contributed by atoms with Crippen molar-refractivity contribution in [3.8, 4) is 5.75 Å². The van der Waals surface area contributed by atoms with Gasteiger partial charge in [0.15, 0.2) is 6.10 Å². The Hall–Kier alpha value is -1.96. The number of rotatable bonds is 11. The van der Waals surface area contributed by atoms with E-state index < -0.39 is 0 Å². The number of aryl methyl sites for hydroxylation is 1. The summed E-state index contributed by atoms with van der Waals surface area (Å²) < 4.78 is 17.8. The van der Waals surface area contributed by atoms with Crippen LogP contribution in [-0.2, 0) is 25.5 Å².